The van der Waals surface area contributed by atoms with Crippen LogP contribution in [0.25, 0.3) is 0 Å². The maximum Gasteiger partial charge on any atom is 0.119 e. The van der Waals surface area contributed by atoms with Crippen molar-refractivity contribution in [3.8, 4) is 5.75 Å². The Labute approximate surface area is 122 Å². The second-order valence-electron chi connectivity index (χ2n) is 5.32. The molecule has 3 atom stereocenters. The number of ether oxygens (including phenoxy) is 1. The fourth-order valence-corrected chi connectivity index (χ4v) is 1.98. The first-order valence-electron chi connectivity index (χ1n) is 7.42. The van der Waals surface area contributed by atoms with Crippen LogP contribution in [0.15, 0.2) is 24.3 Å². The lowest BCUT2D eigenvalue weighted by molar-refractivity contribution is 0.201. The Morgan fingerprint density at radius 2 is 2.10 bits per heavy atom. The van der Waals surface area contributed by atoms with E-state index < -0.39 is 0 Å². The van der Waals surface area contributed by atoms with E-state index in [-0.39, 0.29) is 24.6 Å². The van der Waals surface area contributed by atoms with Crippen LogP contribution in [0.2, 0.25) is 0 Å². The highest BCUT2D eigenvalue weighted by molar-refractivity contribution is 5.31. The highest BCUT2D eigenvalue weighted by Crippen LogP contribution is 2.20. The standard InChI is InChI=1S/C16H28N2O2/c1-4-8-20-15-7-5-6-14(9-15)16(10-17)18-13(3)12(2)11-19/h5-7,9,12-13,16,18-19H,4,8,10-11,17H2,1-3H3. The fourth-order valence-electron chi connectivity index (χ4n) is 1.98. The first kappa shape index (κ1) is 17.0. The number of rotatable bonds is 9. The van der Waals surface area contributed by atoms with E-state index in [4.69, 9.17) is 10.5 Å². The summed E-state index contributed by atoms with van der Waals surface area (Å²) in [5.41, 5.74) is 7.00. The summed E-state index contributed by atoms with van der Waals surface area (Å²) in [4.78, 5) is 0. The molecule has 0 spiro atoms. The highest BCUT2D eigenvalue weighted by atomic mass is 16.5. The Morgan fingerprint density at radius 1 is 1.35 bits per heavy atom. The zero-order valence-corrected chi connectivity index (χ0v) is 12.8. The summed E-state index contributed by atoms with van der Waals surface area (Å²) in [6.45, 7) is 7.59. The molecule has 0 fully saturated rings. The summed E-state index contributed by atoms with van der Waals surface area (Å²) >= 11 is 0. The van der Waals surface area contributed by atoms with Crippen LogP contribution in [0.4, 0.5) is 0 Å². The normalized spacial score (nSPS) is 15.7. The van der Waals surface area contributed by atoms with Gasteiger partial charge in [0.05, 0.1) is 6.61 Å². The molecule has 0 amide bonds. The quantitative estimate of drug-likeness (QED) is 0.648. The number of hydrogen-bond acceptors (Lipinski definition) is 4. The van der Waals surface area contributed by atoms with Gasteiger partial charge in [-0.15, -0.1) is 0 Å². The minimum atomic E-state index is 0.0733. The summed E-state index contributed by atoms with van der Waals surface area (Å²) < 4.78 is 5.66. The smallest absolute Gasteiger partial charge is 0.119 e. The molecule has 4 heteroatoms. The molecule has 0 bridgehead atoms. The van der Waals surface area contributed by atoms with Crippen LogP contribution in [0.5, 0.6) is 5.75 Å². The van der Waals surface area contributed by atoms with E-state index in [2.05, 4.69) is 25.2 Å². The van der Waals surface area contributed by atoms with E-state index in [1.165, 1.54) is 0 Å². The number of nitrogens with two attached hydrogens (primary N) is 1. The molecule has 0 radical (unpaired) electrons. The Hall–Kier alpha value is -1.10. The van der Waals surface area contributed by atoms with Gasteiger partial charge >= 0.3 is 0 Å². The summed E-state index contributed by atoms with van der Waals surface area (Å²) in [7, 11) is 0. The molecule has 114 valence electrons. The minimum absolute atomic E-state index is 0.0733. The van der Waals surface area contributed by atoms with Gasteiger partial charge in [-0.25, -0.2) is 0 Å². The first-order valence-corrected chi connectivity index (χ1v) is 7.42. The van der Waals surface area contributed by atoms with Crippen LogP contribution >= 0.6 is 0 Å². The lowest BCUT2D eigenvalue weighted by Crippen LogP contribution is -2.39. The van der Waals surface area contributed by atoms with Crippen molar-refractivity contribution < 1.29 is 9.84 Å². The molecule has 0 aliphatic rings. The lowest BCUT2D eigenvalue weighted by Gasteiger charge is -2.26. The first-order chi connectivity index (χ1) is 9.62. The Kier molecular flexibility index (Phi) is 7.59. The van der Waals surface area contributed by atoms with Crippen molar-refractivity contribution in [1.29, 1.82) is 0 Å². The van der Waals surface area contributed by atoms with Crippen LogP contribution in [-0.4, -0.2) is 30.9 Å². The number of hydrogen-bond donors (Lipinski definition) is 3. The largest absolute Gasteiger partial charge is 0.494 e. The molecule has 0 aliphatic heterocycles. The van der Waals surface area contributed by atoms with E-state index >= 15 is 0 Å². The molecule has 0 saturated heterocycles. The number of aliphatic hydroxyl groups is 1. The molecule has 0 heterocycles. The summed E-state index contributed by atoms with van der Waals surface area (Å²) in [6.07, 6.45) is 0.994. The van der Waals surface area contributed by atoms with Gasteiger partial charge in [-0.2, -0.15) is 0 Å². The Balaban J connectivity index is 2.73. The zero-order valence-electron chi connectivity index (χ0n) is 12.8. The van der Waals surface area contributed by atoms with Gasteiger partial charge < -0.3 is 20.9 Å². The topological polar surface area (TPSA) is 67.5 Å². The van der Waals surface area contributed by atoms with Crippen molar-refractivity contribution >= 4 is 0 Å². The van der Waals surface area contributed by atoms with Crippen LogP contribution in [0.1, 0.15) is 38.8 Å². The molecule has 0 aromatic heterocycles. The predicted molar refractivity (Wildman–Crippen MR) is 82.9 cm³/mol. The van der Waals surface area contributed by atoms with Crippen molar-refractivity contribution in [2.75, 3.05) is 19.8 Å². The van der Waals surface area contributed by atoms with Gasteiger partial charge in [0.25, 0.3) is 0 Å². The molecule has 1 aromatic rings. The monoisotopic (exact) mass is 280 g/mol. The predicted octanol–water partition coefficient (Wildman–Crippen LogP) is 2.08. The fraction of sp³-hybridized carbons (Fsp3) is 0.625. The van der Waals surface area contributed by atoms with Crippen LogP contribution in [-0.2, 0) is 0 Å². The van der Waals surface area contributed by atoms with Crippen LogP contribution < -0.4 is 15.8 Å². The summed E-state index contributed by atoms with van der Waals surface area (Å²) in [5.74, 6) is 1.08. The van der Waals surface area contributed by atoms with Gasteiger partial charge in [0.2, 0.25) is 0 Å². The average molecular weight is 280 g/mol. The van der Waals surface area contributed by atoms with Gasteiger partial charge in [-0.3, -0.25) is 0 Å². The van der Waals surface area contributed by atoms with E-state index in [1.54, 1.807) is 0 Å². The van der Waals surface area contributed by atoms with Crippen molar-refractivity contribution in [3.05, 3.63) is 29.8 Å². The number of nitrogens with one attached hydrogen (secondary N) is 1. The second kappa shape index (κ2) is 8.95. The molecule has 4 N–H and O–H groups in total. The molecule has 20 heavy (non-hydrogen) atoms. The van der Waals surface area contributed by atoms with E-state index in [0.717, 1.165) is 24.3 Å². The molecule has 0 saturated carbocycles. The molecule has 1 rings (SSSR count). The van der Waals surface area contributed by atoms with Crippen molar-refractivity contribution in [2.24, 2.45) is 11.7 Å². The second-order valence-corrected chi connectivity index (χ2v) is 5.32. The molecule has 3 unspecified atom stereocenters. The van der Waals surface area contributed by atoms with Gasteiger partial charge in [0.15, 0.2) is 0 Å². The third kappa shape index (κ3) is 5.12. The van der Waals surface area contributed by atoms with Gasteiger partial charge in [-0.05, 0) is 37.0 Å². The van der Waals surface area contributed by atoms with E-state index in [1.807, 2.05) is 25.1 Å². The third-order valence-corrected chi connectivity index (χ3v) is 3.57. The SMILES string of the molecule is CCCOc1cccc(C(CN)NC(C)C(C)CO)c1. The maximum absolute atomic E-state index is 9.21. The zero-order chi connectivity index (χ0) is 15.0. The Bertz CT molecular complexity index is 384. The average Bonchev–Trinajstić information content (AvgIpc) is 2.49. The van der Waals surface area contributed by atoms with E-state index in [9.17, 15) is 5.11 Å². The van der Waals surface area contributed by atoms with Crippen molar-refractivity contribution in [2.45, 2.75) is 39.3 Å². The minimum Gasteiger partial charge on any atom is -0.494 e. The summed E-state index contributed by atoms with van der Waals surface area (Å²) in [5, 5.41) is 12.7. The van der Waals surface area contributed by atoms with E-state index in [0.29, 0.717) is 6.54 Å². The van der Waals surface area contributed by atoms with Crippen LogP contribution in [0.3, 0.4) is 0 Å². The molecule has 4 nitrogen and oxygen atoms in total. The van der Waals surface area contributed by atoms with Crippen molar-refractivity contribution in [3.63, 3.8) is 0 Å². The van der Waals surface area contributed by atoms with Gasteiger partial charge in [0, 0.05) is 25.2 Å². The maximum atomic E-state index is 9.21. The van der Waals surface area contributed by atoms with Crippen molar-refractivity contribution in [1.82, 2.24) is 5.32 Å². The molecule has 1 aromatic carbocycles. The number of benzene rings is 1. The molecule has 0 aliphatic carbocycles. The molecular weight excluding hydrogens is 252 g/mol. The number of aliphatic hydroxyl groups excluding tert-OH is 1. The Morgan fingerprint density at radius 3 is 2.70 bits per heavy atom. The molecular formula is C16H28N2O2. The van der Waals surface area contributed by atoms with Gasteiger partial charge in [-0.1, -0.05) is 26.0 Å². The lowest BCUT2D eigenvalue weighted by atomic mass is 10.0. The van der Waals surface area contributed by atoms with Crippen LogP contribution in [0, 0.1) is 5.92 Å². The summed E-state index contributed by atoms with van der Waals surface area (Å²) in [6, 6.07) is 8.32. The highest BCUT2D eigenvalue weighted by Gasteiger charge is 2.17. The van der Waals surface area contributed by atoms with Gasteiger partial charge in [0.1, 0.15) is 5.75 Å². The third-order valence-electron chi connectivity index (χ3n) is 3.57.